The number of nitrogens with zero attached hydrogens (tertiary/aromatic N) is 2. The molecule has 0 saturated carbocycles. The summed E-state index contributed by atoms with van der Waals surface area (Å²) in [7, 11) is 0. The van der Waals surface area contributed by atoms with Gasteiger partial charge in [-0.3, -0.25) is 4.79 Å². The average molecular weight is 287 g/mol. The lowest BCUT2D eigenvalue weighted by Crippen LogP contribution is -2.42. The minimum atomic E-state index is -0.188. The van der Waals surface area contributed by atoms with Gasteiger partial charge in [-0.2, -0.15) is 0 Å². The van der Waals surface area contributed by atoms with E-state index in [1.165, 1.54) is 0 Å². The summed E-state index contributed by atoms with van der Waals surface area (Å²) in [5, 5.41) is 3.16. The molecule has 3 heterocycles. The van der Waals surface area contributed by atoms with Gasteiger partial charge in [0.25, 0.3) is 0 Å². The second kappa shape index (κ2) is 5.39. The summed E-state index contributed by atoms with van der Waals surface area (Å²) < 4.78 is 7.64. The van der Waals surface area contributed by atoms with Gasteiger partial charge in [-0.25, -0.2) is 4.98 Å². The summed E-state index contributed by atoms with van der Waals surface area (Å²) in [5.74, 6) is 2.66. The Morgan fingerprint density at radius 1 is 1.52 bits per heavy atom. The molecule has 1 N–H and O–H groups in total. The number of imidazole rings is 1. The Balaban J connectivity index is 1.65. The highest BCUT2D eigenvalue weighted by Gasteiger charge is 2.25. The maximum absolute atomic E-state index is 12.4. The van der Waals surface area contributed by atoms with E-state index in [4.69, 9.17) is 4.42 Å². The van der Waals surface area contributed by atoms with E-state index < -0.39 is 0 Å². The summed E-state index contributed by atoms with van der Waals surface area (Å²) in [5.41, 5.74) is 0.976. The van der Waals surface area contributed by atoms with Gasteiger partial charge >= 0.3 is 0 Å². The molecule has 5 nitrogen and oxygen atoms in total. The van der Waals surface area contributed by atoms with Crippen LogP contribution in [-0.4, -0.2) is 21.5 Å². The van der Waals surface area contributed by atoms with Crippen LogP contribution in [0, 0.1) is 13.8 Å². The largest absolute Gasteiger partial charge is 0.466 e. The molecule has 0 aliphatic carbocycles. The molecule has 0 bridgehead atoms. The van der Waals surface area contributed by atoms with Crippen molar-refractivity contribution in [2.45, 2.75) is 52.1 Å². The Kier molecular flexibility index (Phi) is 3.57. The average Bonchev–Trinajstić information content (AvgIpc) is 3.03. The highest BCUT2D eigenvalue weighted by Crippen LogP contribution is 2.24. The monoisotopic (exact) mass is 287 g/mol. The van der Waals surface area contributed by atoms with E-state index in [2.05, 4.69) is 14.9 Å². The van der Waals surface area contributed by atoms with Crippen molar-refractivity contribution in [2.75, 3.05) is 0 Å². The van der Waals surface area contributed by atoms with Crippen molar-refractivity contribution in [2.24, 2.45) is 0 Å². The molecule has 1 amide bonds. The fourth-order valence-electron chi connectivity index (χ4n) is 3.03. The molecule has 0 radical (unpaired) electrons. The van der Waals surface area contributed by atoms with Crippen molar-refractivity contribution in [3.8, 4) is 0 Å². The van der Waals surface area contributed by atoms with E-state index in [9.17, 15) is 4.79 Å². The first-order valence-corrected chi connectivity index (χ1v) is 7.42. The molecule has 1 aliphatic heterocycles. The number of aromatic nitrogens is 2. The van der Waals surface area contributed by atoms with Crippen LogP contribution >= 0.6 is 0 Å². The molecule has 0 saturated heterocycles. The molecular formula is C16H21N3O2. The number of hydrogen-bond donors (Lipinski definition) is 1. The summed E-state index contributed by atoms with van der Waals surface area (Å²) in [6.07, 6.45) is 5.65. The highest BCUT2D eigenvalue weighted by atomic mass is 16.3. The number of fused-ring (bicyclic) bond motifs is 1. The lowest BCUT2D eigenvalue weighted by atomic mass is 9.99. The first-order valence-electron chi connectivity index (χ1n) is 7.42. The van der Waals surface area contributed by atoms with E-state index in [-0.39, 0.29) is 17.9 Å². The molecule has 5 heteroatoms. The number of hydrogen-bond acceptors (Lipinski definition) is 3. The molecule has 2 aromatic rings. The maximum atomic E-state index is 12.4. The SMILES string of the molecule is Cc1cc([C@H](C)C(=O)N[C@@H]2CCc3nccn3C2)c(C)o1. The fourth-order valence-corrected chi connectivity index (χ4v) is 3.03. The number of carbonyl (C=O) groups is 1. The van der Waals surface area contributed by atoms with Crippen LogP contribution in [0.3, 0.4) is 0 Å². The van der Waals surface area contributed by atoms with Gasteiger partial charge in [-0.15, -0.1) is 0 Å². The van der Waals surface area contributed by atoms with E-state index in [0.29, 0.717) is 0 Å². The molecule has 1 aliphatic rings. The Labute approximate surface area is 124 Å². The number of rotatable bonds is 3. The topological polar surface area (TPSA) is 60.1 Å². The van der Waals surface area contributed by atoms with Gasteiger partial charge in [0, 0.05) is 37.0 Å². The quantitative estimate of drug-likeness (QED) is 0.942. The smallest absolute Gasteiger partial charge is 0.227 e. The Morgan fingerprint density at radius 3 is 3.05 bits per heavy atom. The third-order valence-corrected chi connectivity index (χ3v) is 4.22. The molecule has 0 spiro atoms. The molecular weight excluding hydrogens is 266 g/mol. The lowest BCUT2D eigenvalue weighted by molar-refractivity contribution is -0.123. The Hall–Kier alpha value is -2.04. The van der Waals surface area contributed by atoms with Crippen molar-refractivity contribution >= 4 is 5.91 Å². The van der Waals surface area contributed by atoms with Gasteiger partial charge in [0.1, 0.15) is 17.3 Å². The van der Waals surface area contributed by atoms with Gasteiger partial charge < -0.3 is 14.3 Å². The number of nitrogens with one attached hydrogen (secondary N) is 1. The van der Waals surface area contributed by atoms with Crippen LogP contribution in [0.1, 0.15) is 42.2 Å². The number of furan rings is 1. The minimum Gasteiger partial charge on any atom is -0.466 e. The second-order valence-corrected chi connectivity index (χ2v) is 5.83. The first kappa shape index (κ1) is 13.9. The second-order valence-electron chi connectivity index (χ2n) is 5.83. The van der Waals surface area contributed by atoms with Crippen LogP contribution in [0.5, 0.6) is 0 Å². The summed E-state index contributed by atoms with van der Waals surface area (Å²) >= 11 is 0. The zero-order valence-corrected chi connectivity index (χ0v) is 12.7. The molecule has 0 fully saturated rings. The maximum Gasteiger partial charge on any atom is 0.227 e. The van der Waals surface area contributed by atoms with Crippen molar-refractivity contribution in [1.29, 1.82) is 0 Å². The molecule has 3 rings (SSSR count). The van der Waals surface area contributed by atoms with E-state index >= 15 is 0 Å². The van der Waals surface area contributed by atoms with Crippen molar-refractivity contribution in [3.63, 3.8) is 0 Å². The molecule has 112 valence electrons. The van der Waals surface area contributed by atoms with Gasteiger partial charge in [-0.1, -0.05) is 0 Å². The van der Waals surface area contributed by atoms with Crippen LogP contribution in [0.4, 0.5) is 0 Å². The van der Waals surface area contributed by atoms with E-state index in [1.54, 1.807) is 0 Å². The third-order valence-electron chi connectivity index (χ3n) is 4.22. The normalized spacial score (nSPS) is 19.1. The van der Waals surface area contributed by atoms with Gasteiger partial charge in [-0.05, 0) is 33.3 Å². The van der Waals surface area contributed by atoms with Crippen LogP contribution in [0.2, 0.25) is 0 Å². The zero-order valence-electron chi connectivity index (χ0n) is 12.7. The standard InChI is InChI=1S/C16H21N3O2/c1-10-8-14(12(3)21-10)11(2)16(20)18-13-4-5-15-17-6-7-19(15)9-13/h6-8,11,13H,4-5,9H2,1-3H3,(H,18,20)/t11-,13+/m0/s1. The minimum absolute atomic E-state index is 0.0625. The van der Waals surface area contributed by atoms with Crippen molar-refractivity contribution in [1.82, 2.24) is 14.9 Å². The predicted molar refractivity (Wildman–Crippen MR) is 79.1 cm³/mol. The van der Waals surface area contributed by atoms with Crippen molar-refractivity contribution in [3.05, 3.63) is 41.4 Å². The van der Waals surface area contributed by atoms with Crippen LogP contribution in [0.15, 0.2) is 22.9 Å². The molecule has 2 aromatic heterocycles. The summed E-state index contributed by atoms with van der Waals surface area (Å²) in [6.45, 7) is 6.54. The molecule has 2 atom stereocenters. The van der Waals surface area contributed by atoms with Crippen LogP contribution in [-0.2, 0) is 17.8 Å². The van der Waals surface area contributed by atoms with Gasteiger partial charge in [0.05, 0.1) is 5.92 Å². The fraction of sp³-hybridized carbons (Fsp3) is 0.500. The Bertz CT molecular complexity index is 656. The van der Waals surface area contributed by atoms with E-state index in [0.717, 1.165) is 42.3 Å². The first-order chi connectivity index (χ1) is 10.0. The Morgan fingerprint density at radius 2 is 2.33 bits per heavy atom. The molecule has 0 aromatic carbocycles. The predicted octanol–water partition coefficient (Wildman–Crippen LogP) is 2.33. The number of amides is 1. The molecule has 0 unspecified atom stereocenters. The highest BCUT2D eigenvalue weighted by molar-refractivity contribution is 5.83. The van der Waals surface area contributed by atoms with Gasteiger partial charge in [0.15, 0.2) is 0 Å². The number of aryl methyl sites for hydroxylation is 3. The van der Waals surface area contributed by atoms with E-state index in [1.807, 2.05) is 39.2 Å². The van der Waals surface area contributed by atoms with Crippen LogP contribution in [0.25, 0.3) is 0 Å². The van der Waals surface area contributed by atoms with Gasteiger partial charge in [0.2, 0.25) is 5.91 Å². The third kappa shape index (κ3) is 2.73. The summed E-state index contributed by atoms with van der Waals surface area (Å²) in [4.78, 5) is 16.8. The number of carbonyl (C=O) groups excluding carboxylic acids is 1. The van der Waals surface area contributed by atoms with Crippen LogP contribution < -0.4 is 5.32 Å². The lowest BCUT2D eigenvalue weighted by Gasteiger charge is -2.26. The van der Waals surface area contributed by atoms with Crippen molar-refractivity contribution < 1.29 is 9.21 Å². The zero-order chi connectivity index (χ0) is 15.0. The summed E-state index contributed by atoms with van der Waals surface area (Å²) in [6, 6.07) is 2.13. The molecule has 21 heavy (non-hydrogen) atoms.